The summed E-state index contributed by atoms with van der Waals surface area (Å²) < 4.78 is 5.78. The topological polar surface area (TPSA) is 38.2 Å². The van der Waals surface area contributed by atoms with Gasteiger partial charge in [-0.3, -0.25) is 0 Å². The Hall–Kier alpha value is -1.36. The average molecular weight is 275 g/mol. The molecular weight excluding hydrogens is 258 g/mol. The fraction of sp³-hybridized carbons (Fsp3) is 0.571. The number of nitrogens with zero attached hydrogens (tertiary/aromatic N) is 3. The van der Waals surface area contributed by atoms with Crippen molar-refractivity contribution in [3.8, 4) is 5.88 Å². The molecule has 5 heteroatoms. The fourth-order valence-electron chi connectivity index (χ4n) is 2.37. The number of rotatable bonds is 4. The Morgan fingerprint density at radius 1 is 1.21 bits per heavy atom. The Kier molecular flexibility index (Phi) is 2.80. The van der Waals surface area contributed by atoms with Gasteiger partial charge in [-0.1, -0.05) is 17.8 Å². The first-order valence-corrected chi connectivity index (χ1v) is 7.85. The van der Waals surface area contributed by atoms with Crippen LogP contribution in [0.1, 0.15) is 25.7 Å². The summed E-state index contributed by atoms with van der Waals surface area (Å²) in [6.07, 6.45) is 5.25. The van der Waals surface area contributed by atoms with Gasteiger partial charge >= 0.3 is 0 Å². The molecule has 0 unspecified atom stereocenters. The molecule has 1 aliphatic heterocycles. The Morgan fingerprint density at radius 2 is 2.11 bits per heavy atom. The highest BCUT2D eigenvalue weighted by molar-refractivity contribution is 7.21. The number of thiazole rings is 1. The zero-order valence-electron chi connectivity index (χ0n) is 10.8. The van der Waals surface area contributed by atoms with Crippen LogP contribution < -0.4 is 9.64 Å². The van der Waals surface area contributed by atoms with Crippen molar-refractivity contribution in [2.24, 2.45) is 5.92 Å². The first kappa shape index (κ1) is 11.5. The van der Waals surface area contributed by atoms with E-state index in [2.05, 4.69) is 14.9 Å². The minimum atomic E-state index is 0.746. The number of aromatic nitrogens is 2. The van der Waals surface area contributed by atoms with Crippen molar-refractivity contribution < 1.29 is 4.74 Å². The molecule has 0 spiro atoms. The molecule has 19 heavy (non-hydrogen) atoms. The van der Waals surface area contributed by atoms with Gasteiger partial charge in [0.05, 0.1) is 6.61 Å². The van der Waals surface area contributed by atoms with Gasteiger partial charge in [-0.05, 0) is 31.2 Å². The molecule has 4 rings (SSSR count). The van der Waals surface area contributed by atoms with Gasteiger partial charge in [0.15, 0.2) is 5.13 Å². The second kappa shape index (κ2) is 4.63. The van der Waals surface area contributed by atoms with Gasteiger partial charge in [0.25, 0.3) is 0 Å². The summed E-state index contributed by atoms with van der Waals surface area (Å²) in [5.41, 5.74) is 0.989. The molecule has 0 amide bonds. The molecule has 100 valence electrons. The summed E-state index contributed by atoms with van der Waals surface area (Å²) in [5, 5.41) is 1.10. The second-order valence-electron chi connectivity index (χ2n) is 5.42. The predicted molar refractivity (Wildman–Crippen MR) is 77.1 cm³/mol. The van der Waals surface area contributed by atoms with Crippen molar-refractivity contribution in [3.63, 3.8) is 0 Å². The van der Waals surface area contributed by atoms with Crippen LogP contribution >= 0.6 is 11.3 Å². The lowest BCUT2D eigenvalue weighted by molar-refractivity contribution is 0.176. The van der Waals surface area contributed by atoms with Crippen LogP contribution in [0, 0.1) is 5.92 Å². The number of pyridine rings is 1. The SMILES string of the molecule is c1cc2nc(N3CCC3)sc2nc1OCC1CCC1. The first-order chi connectivity index (χ1) is 9.38. The summed E-state index contributed by atoms with van der Waals surface area (Å²) in [7, 11) is 0. The number of hydrogen-bond donors (Lipinski definition) is 0. The van der Waals surface area contributed by atoms with Gasteiger partial charge in [-0.2, -0.15) is 0 Å². The van der Waals surface area contributed by atoms with Gasteiger partial charge in [0, 0.05) is 19.2 Å². The van der Waals surface area contributed by atoms with E-state index >= 15 is 0 Å². The third-order valence-corrected chi connectivity index (χ3v) is 5.06. The average Bonchev–Trinajstić information content (AvgIpc) is 2.66. The maximum atomic E-state index is 5.78. The molecule has 2 aliphatic rings. The zero-order chi connectivity index (χ0) is 12.7. The highest BCUT2D eigenvalue weighted by Gasteiger charge is 2.20. The molecule has 2 fully saturated rings. The third kappa shape index (κ3) is 2.16. The Balaban J connectivity index is 1.52. The predicted octanol–water partition coefficient (Wildman–Crippen LogP) is 3.08. The molecule has 0 aromatic carbocycles. The molecule has 1 aliphatic carbocycles. The lowest BCUT2D eigenvalue weighted by Crippen LogP contribution is -2.36. The van der Waals surface area contributed by atoms with E-state index in [1.54, 1.807) is 11.3 Å². The van der Waals surface area contributed by atoms with Crippen molar-refractivity contribution in [1.29, 1.82) is 0 Å². The summed E-state index contributed by atoms with van der Waals surface area (Å²) >= 11 is 1.67. The maximum Gasteiger partial charge on any atom is 0.214 e. The number of hydrogen-bond acceptors (Lipinski definition) is 5. The minimum Gasteiger partial charge on any atom is -0.477 e. The molecule has 2 aromatic heterocycles. The number of anilines is 1. The molecule has 1 saturated heterocycles. The van der Waals surface area contributed by atoms with E-state index in [4.69, 9.17) is 4.74 Å². The molecular formula is C14H17N3OS. The Morgan fingerprint density at radius 3 is 2.79 bits per heavy atom. The van der Waals surface area contributed by atoms with Crippen LogP contribution in [0.15, 0.2) is 12.1 Å². The zero-order valence-corrected chi connectivity index (χ0v) is 11.7. The monoisotopic (exact) mass is 275 g/mol. The molecule has 0 N–H and O–H groups in total. The number of fused-ring (bicyclic) bond motifs is 1. The molecule has 2 aromatic rings. The standard InChI is InChI=1S/C14H17N3OS/c1-3-10(4-1)9-18-12-6-5-11-13(16-12)19-14(15-11)17-7-2-8-17/h5-6,10H,1-4,7-9H2. The molecule has 1 saturated carbocycles. The molecule has 0 radical (unpaired) electrons. The van der Waals surface area contributed by atoms with Crippen molar-refractivity contribution >= 4 is 26.8 Å². The summed E-state index contributed by atoms with van der Waals surface area (Å²) in [6.45, 7) is 3.08. The third-order valence-electron chi connectivity index (χ3n) is 4.04. The van der Waals surface area contributed by atoms with Gasteiger partial charge in [-0.25, -0.2) is 9.97 Å². The van der Waals surface area contributed by atoms with E-state index in [1.807, 2.05) is 12.1 Å². The van der Waals surface area contributed by atoms with Crippen LogP contribution in [0.2, 0.25) is 0 Å². The van der Waals surface area contributed by atoms with E-state index in [-0.39, 0.29) is 0 Å². The maximum absolute atomic E-state index is 5.78. The Labute approximate surface area is 116 Å². The van der Waals surface area contributed by atoms with Gasteiger partial charge in [0.2, 0.25) is 5.88 Å². The lowest BCUT2D eigenvalue weighted by Gasteiger charge is -2.29. The quantitative estimate of drug-likeness (QED) is 0.859. The van der Waals surface area contributed by atoms with Crippen molar-refractivity contribution in [3.05, 3.63) is 12.1 Å². The van der Waals surface area contributed by atoms with Gasteiger partial charge < -0.3 is 9.64 Å². The Bertz CT molecular complexity index is 589. The van der Waals surface area contributed by atoms with Gasteiger partial charge in [0.1, 0.15) is 10.3 Å². The molecule has 0 atom stereocenters. The molecule has 3 heterocycles. The lowest BCUT2D eigenvalue weighted by atomic mass is 9.86. The highest BCUT2D eigenvalue weighted by Crippen LogP contribution is 2.32. The van der Waals surface area contributed by atoms with Crippen LogP contribution in [0.4, 0.5) is 5.13 Å². The molecule has 0 bridgehead atoms. The van der Waals surface area contributed by atoms with Gasteiger partial charge in [-0.15, -0.1) is 0 Å². The van der Waals surface area contributed by atoms with E-state index in [9.17, 15) is 0 Å². The van der Waals surface area contributed by atoms with Crippen molar-refractivity contribution in [2.75, 3.05) is 24.6 Å². The van der Waals surface area contributed by atoms with Crippen LogP contribution in [-0.4, -0.2) is 29.7 Å². The van der Waals surface area contributed by atoms with Crippen LogP contribution in [0.25, 0.3) is 10.3 Å². The van der Waals surface area contributed by atoms with E-state index in [1.165, 1.54) is 25.7 Å². The summed E-state index contributed by atoms with van der Waals surface area (Å²) in [4.78, 5) is 12.5. The van der Waals surface area contributed by atoms with E-state index in [0.29, 0.717) is 0 Å². The fourth-order valence-corrected chi connectivity index (χ4v) is 3.36. The second-order valence-corrected chi connectivity index (χ2v) is 6.37. The largest absolute Gasteiger partial charge is 0.477 e. The molecule has 4 nitrogen and oxygen atoms in total. The van der Waals surface area contributed by atoms with Crippen molar-refractivity contribution in [2.45, 2.75) is 25.7 Å². The highest BCUT2D eigenvalue weighted by atomic mass is 32.1. The van der Waals surface area contributed by atoms with Crippen LogP contribution in [0.3, 0.4) is 0 Å². The minimum absolute atomic E-state index is 0.746. The normalized spacial score (nSPS) is 19.3. The van der Waals surface area contributed by atoms with Crippen LogP contribution in [0.5, 0.6) is 5.88 Å². The number of ether oxygens (including phenoxy) is 1. The van der Waals surface area contributed by atoms with Crippen molar-refractivity contribution in [1.82, 2.24) is 9.97 Å². The first-order valence-electron chi connectivity index (χ1n) is 7.04. The smallest absolute Gasteiger partial charge is 0.214 e. The van der Waals surface area contributed by atoms with E-state index < -0.39 is 0 Å². The summed E-state index contributed by atoms with van der Waals surface area (Å²) in [5.74, 6) is 1.49. The van der Waals surface area contributed by atoms with Crippen LogP contribution in [-0.2, 0) is 0 Å². The van der Waals surface area contributed by atoms with E-state index in [0.717, 1.165) is 47.0 Å². The summed E-state index contributed by atoms with van der Waals surface area (Å²) in [6, 6.07) is 3.97.